The maximum atomic E-state index is 13.0. The van der Waals surface area contributed by atoms with Gasteiger partial charge in [0, 0.05) is 39.4 Å². The summed E-state index contributed by atoms with van der Waals surface area (Å²) in [5.74, 6) is -0.766. The molecule has 1 amide bonds. The van der Waals surface area contributed by atoms with Crippen LogP contribution in [0.3, 0.4) is 0 Å². The Balaban J connectivity index is 1.54. The van der Waals surface area contributed by atoms with Crippen LogP contribution in [0.2, 0.25) is 0 Å². The monoisotopic (exact) mass is 454 g/mol. The summed E-state index contributed by atoms with van der Waals surface area (Å²) < 4.78 is 16.3. The molecule has 0 spiro atoms. The van der Waals surface area contributed by atoms with Crippen LogP contribution in [0.15, 0.2) is 41.3 Å². The third-order valence-corrected chi connectivity index (χ3v) is 6.00. The maximum absolute atomic E-state index is 13.0. The predicted molar refractivity (Wildman–Crippen MR) is 119 cm³/mol. The van der Waals surface area contributed by atoms with Gasteiger partial charge in [-0.05, 0) is 37.6 Å². The van der Waals surface area contributed by atoms with Crippen molar-refractivity contribution >= 4 is 5.91 Å². The van der Waals surface area contributed by atoms with E-state index in [1.54, 1.807) is 16.8 Å². The number of hydrogen-bond acceptors (Lipinski definition) is 6. The summed E-state index contributed by atoms with van der Waals surface area (Å²) in [5.41, 5.74) is 0.504. The van der Waals surface area contributed by atoms with Gasteiger partial charge in [-0.2, -0.15) is 5.10 Å². The number of hydrogen-bond donors (Lipinski definition) is 2. The Morgan fingerprint density at radius 1 is 1.21 bits per heavy atom. The van der Waals surface area contributed by atoms with E-state index in [9.17, 15) is 19.1 Å². The van der Waals surface area contributed by atoms with Gasteiger partial charge in [0.1, 0.15) is 11.6 Å². The first-order chi connectivity index (χ1) is 15.6. The number of nitrogens with zero attached hydrogens (tertiary/aromatic N) is 5. The molecule has 2 N–H and O–H groups in total. The van der Waals surface area contributed by atoms with Crippen LogP contribution in [-0.2, 0) is 43.4 Å². The van der Waals surface area contributed by atoms with E-state index in [0.717, 1.165) is 11.3 Å². The lowest BCUT2D eigenvalue weighted by Crippen LogP contribution is -2.52. The van der Waals surface area contributed by atoms with Gasteiger partial charge in [0.15, 0.2) is 0 Å². The fraction of sp³-hybridized carbons (Fsp3) is 0.391. The van der Waals surface area contributed by atoms with Crippen LogP contribution in [0, 0.1) is 5.82 Å². The van der Waals surface area contributed by atoms with Crippen molar-refractivity contribution in [2.24, 2.45) is 7.05 Å². The Morgan fingerprint density at radius 3 is 2.61 bits per heavy atom. The lowest BCUT2D eigenvalue weighted by atomic mass is 9.97. The molecule has 3 heterocycles. The molecule has 10 heteroatoms. The van der Waals surface area contributed by atoms with Crippen LogP contribution < -0.4 is 10.9 Å². The van der Waals surface area contributed by atoms with E-state index in [2.05, 4.69) is 20.3 Å². The molecule has 2 aromatic heterocycles. The fourth-order valence-corrected chi connectivity index (χ4v) is 4.07. The molecular weight excluding hydrogens is 427 g/mol. The second-order valence-corrected chi connectivity index (χ2v) is 8.73. The number of fused-ring (bicyclic) bond motifs is 1. The minimum Gasteiger partial charge on any atom is -0.502 e. The molecule has 33 heavy (non-hydrogen) atoms. The summed E-state index contributed by atoms with van der Waals surface area (Å²) in [7, 11) is 1.86. The summed E-state index contributed by atoms with van der Waals surface area (Å²) in [6.45, 7) is 5.67. The Morgan fingerprint density at radius 2 is 1.94 bits per heavy atom. The van der Waals surface area contributed by atoms with Crippen LogP contribution in [0.5, 0.6) is 5.75 Å². The lowest BCUT2D eigenvalue weighted by Gasteiger charge is -2.42. The second kappa shape index (κ2) is 8.78. The number of halogens is 1. The molecule has 9 nitrogen and oxygen atoms in total. The standard InChI is InChI=1S/C23H27FN6O3/c1-23(2)22-26-18(12-19(31)25-13-15-4-6-16(24)7-5-15)20(32)21(33)30(22)11-10-29(23)14-17-8-9-28(3)27-17/h4-9,32H,10-14H2,1-3H3,(H,25,31). The van der Waals surface area contributed by atoms with Crippen LogP contribution in [0.4, 0.5) is 4.39 Å². The molecule has 0 unspecified atom stereocenters. The number of aryl methyl sites for hydroxylation is 1. The number of carbonyl (C=O) groups is 1. The Labute approximate surface area is 190 Å². The van der Waals surface area contributed by atoms with Crippen molar-refractivity contribution < 1.29 is 14.3 Å². The van der Waals surface area contributed by atoms with Gasteiger partial charge in [-0.25, -0.2) is 9.37 Å². The van der Waals surface area contributed by atoms with Crippen molar-refractivity contribution in [1.82, 2.24) is 29.5 Å². The molecule has 0 fully saturated rings. The van der Waals surface area contributed by atoms with E-state index in [1.165, 1.54) is 16.7 Å². The molecule has 174 valence electrons. The van der Waals surface area contributed by atoms with Crippen LogP contribution >= 0.6 is 0 Å². The van der Waals surface area contributed by atoms with E-state index in [-0.39, 0.29) is 24.5 Å². The predicted octanol–water partition coefficient (Wildman–Crippen LogP) is 1.43. The largest absolute Gasteiger partial charge is 0.502 e. The highest BCUT2D eigenvalue weighted by atomic mass is 19.1. The molecule has 0 atom stereocenters. The highest BCUT2D eigenvalue weighted by Crippen LogP contribution is 2.31. The Hall–Kier alpha value is -3.53. The van der Waals surface area contributed by atoms with E-state index in [4.69, 9.17) is 0 Å². The number of aromatic hydroxyl groups is 1. The molecule has 1 aromatic carbocycles. The van der Waals surface area contributed by atoms with Crippen molar-refractivity contribution in [3.8, 4) is 5.75 Å². The molecule has 0 aliphatic carbocycles. The molecule has 0 bridgehead atoms. The smallest absolute Gasteiger partial charge is 0.296 e. The number of amides is 1. The zero-order valence-electron chi connectivity index (χ0n) is 18.9. The molecule has 1 aliphatic heterocycles. The molecule has 0 radical (unpaired) electrons. The first kappa shape index (κ1) is 22.7. The van der Waals surface area contributed by atoms with Gasteiger partial charge in [-0.1, -0.05) is 12.1 Å². The first-order valence-corrected chi connectivity index (χ1v) is 10.7. The summed E-state index contributed by atoms with van der Waals surface area (Å²) in [4.78, 5) is 32.1. The Bertz CT molecular complexity index is 1230. The van der Waals surface area contributed by atoms with Gasteiger partial charge in [0.05, 0.1) is 23.3 Å². The normalized spacial score (nSPS) is 15.3. The van der Waals surface area contributed by atoms with Crippen LogP contribution in [-0.4, -0.2) is 41.8 Å². The third-order valence-electron chi connectivity index (χ3n) is 6.00. The molecule has 3 aromatic rings. The summed E-state index contributed by atoms with van der Waals surface area (Å²) in [6, 6.07) is 7.74. The molecule has 0 saturated heterocycles. The van der Waals surface area contributed by atoms with Crippen molar-refractivity contribution in [2.45, 2.75) is 45.4 Å². The van der Waals surface area contributed by atoms with E-state index >= 15 is 0 Å². The highest BCUT2D eigenvalue weighted by molar-refractivity contribution is 5.78. The average Bonchev–Trinajstić information content (AvgIpc) is 3.18. The van der Waals surface area contributed by atoms with Gasteiger partial charge in [0.2, 0.25) is 11.7 Å². The maximum Gasteiger partial charge on any atom is 0.296 e. The van der Waals surface area contributed by atoms with Gasteiger partial charge in [0.25, 0.3) is 5.56 Å². The number of aromatic nitrogens is 4. The first-order valence-electron chi connectivity index (χ1n) is 10.7. The van der Waals surface area contributed by atoms with Crippen LogP contribution in [0.25, 0.3) is 0 Å². The Kier molecular flexibility index (Phi) is 6.03. The SMILES string of the molecule is Cn1ccc(CN2CCn3c(nc(CC(=O)NCc4ccc(F)cc4)c(O)c3=O)C2(C)C)n1. The minimum absolute atomic E-state index is 0.0376. The van der Waals surface area contributed by atoms with Gasteiger partial charge < -0.3 is 10.4 Å². The van der Waals surface area contributed by atoms with E-state index in [1.807, 2.05) is 33.2 Å². The molecule has 4 rings (SSSR count). The van der Waals surface area contributed by atoms with Gasteiger partial charge in [-0.3, -0.25) is 23.7 Å². The van der Waals surface area contributed by atoms with E-state index in [0.29, 0.717) is 25.5 Å². The number of nitrogens with one attached hydrogen (secondary N) is 1. The van der Waals surface area contributed by atoms with Gasteiger partial charge >= 0.3 is 0 Å². The molecule has 0 saturated carbocycles. The molecular formula is C23H27FN6O3. The van der Waals surface area contributed by atoms with Crippen molar-refractivity contribution in [3.63, 3.8) is 0 Å². The quantitative estimate of drug-likeness (QED) is 0.584. The van der Waals surface area contributed by atoms with Crippen molar-refractivity contribution in [3.05, 3.63) is 75.5 Å². The number of rotatable bonds is 6. The van der Waals surface area contributed by atoms with E-state index < -0.39 is 22.8 Å². The highest BCUT2D eigenvalue weighted by Gasteiger charge is 2.38. The average molecular weight is 455 g/mol. The van der Waals surface area contributed by atoms with Crippen molar-refractivity contribution in [1.29, 1.82) is 0 Å². The zero-order chi connectivity index (χ0) is 23.8. The van der Waals surface area contributed by atoms with Crippen LogP contribution in [0.1, 0.15) is 36.6 Å². The number of carbonyl (C=O) groups excluding carboxylic acids is 1. The minimum atomic E-state index is -0.623. The lowest BCUT2D eigenvalue weighted by molar-refractivity contribution is -0.120. The number of benzene rings is 1. The third kappa shape index (κ3) is 4.65. The summed E-state index contributed by atoms with van der Waals surface area (Å²) in [5, 5.41) is 17.6. The topological polar surface area (TPSA) is 105 Å². The second-order valence-electron chi connectivity index (χ2n) is 8.73. The fourth-order valence-electron chi connectivity index (χ4n) is 4.07. The van der Waals surface area contributed by atoms with Gasteiger partial charge in [-0.15, -0.1) is 0 Å². The molecule has 1 aliphatic rings. The van der Waals surface area contributed by atoms with Crippen molar-refractivity contribution in [2.75, 3.05) is 6.54 Å². The summed E-state index contributed by atoms with van der Waals surface area (Å²) >= 11 is 0. The summed E-state index contributed by atoms with van der Waals surface area (Å²) in [6.07, 6.45) is 1.64. The zero-order valence-corrected chi connectivity index (χ0v) is 18.9.